The molecule has 2 atom stereocenters. The van der Waals surface area contributed by atoms with Crippen molar-refractivity contribution in [2.45, 2.75) is 31.3 Å². The van der Waals surface area contributed by atoms with E-state index in [0.717, 1.165) is 10.0 Å². The van der Waals surface area contributed by atoms with Crippen LogP contribution in [0, 0.1) is 0 Å². The third-order valence-electron chi connectivity index (χ3n) is 3.55. The third-order valence-corrected chi connectivity index (χ3v) is 4.55. The number of halogens is 2. The first-order valence-corrected chi connectivity index (χ1v) is 8.19. The second kappa shape index (κ2) is 7.79. The zero-order valence-electron chi connectivity index (χ0n) is 12.4. The molecular formula is C15H16BrClN2O4. The summed E-state index contributed by atoms with van der Waals surface area (Å²) in [5.41, 5.74) is 0.767. The van der Waals surface area contributed by atoms with Gasteiger partial charge in [0.2, 0.25) is 11.8 Å². The maximum absolute atomic E-state index is 12.2. The van der Waals surface area contributed by atoms with Crippen molar-refractivity contribution in [3.63, 3.8) is 0 Å². The normalized spacial score (nSPS) is 18.2. The van der Waals surface area contributed by atoms with E-state index >= 15 is 0 Å². The van der Waals surface area contributed by atoms with Gasteiger partial charge >= 0.3 is 5.97 Å². The number of nitrogens with one attached hydrogen (secondary N) is 2. The smallest absolute Gasteiger partial charge is 0.328 e. The lowest BCUT2D eigenvalue weighted by molar-refractivity contribution is -0.145. The van der Waals surface area contributed by atoms with Gasteiger partial charge in [0.25, 0.3) is 0 Å². The molecule has 1 fully saturated rings. The molecule has 2 amide bonds. The molecule has 1 aliphatic heterocycles. The highest BCUT2D eigenvalue weighted by Crippen LogP contribution is 2.22. The molecular weight excluding hydrogens is 388 g/mol. The maximum Gasteiger partial charge on any atom is 0.328 e. The van der Waals surface area contributed by atoms with Gasteiger partial charge < -0.3 is 15.4 Å². The molecule has 0 saturated carbocycles. The van der Waals surface area contributed by atoms with E-state index in [-0.39, 0.29) is 12.3 Å². The van der Waals surface area contributed by atoms with Gasteiger partial charge in [0.1, 0.15) is 12.1 Å². The van der Waals surface area contributed by atoms with E-state index in [1.54, 1.807) is 18.2 Å². The van der Waals surface area contributed by atoms with Crippen LogP contribution in [0.2, 0.25) is 5.02 Å². The van der Waals surface area contributed by atoms with Crippen molar-refractivity contribution in [3.8, 4) is 0 Å². The minimum atomic E-state index is -0.861. The van der Waals surface area contributed by atoms with Crippen molar-refractivity contribution < 1.29 is 19.1 Å². The van der Waals surface area contributed by atoms with Crippen LogP contribution in [-0.2, 0) is 25.5 Å². The molecule has 0 radical (unpaired) electrons. The molecule has 6 nitrogen and oxygen atoms in total. The van der Waals surface area contributed by atoms with Crippen LogP contribution in [0.25, 0.3) is 0 Å². The number of carbonyl (C=O) groups is 3. The summed E-state index contributed by atoms with van der Waals surface area (Å²) in [5, 5.41) is 5.73. The Morgan fingerprint density at radius 3 is 2.87 bits per heavy atom. The molecule has 1 saturated heterocycles. The van der Waals surface area contributed by atoms with Gasteiger partial charge in [-0.1, -0.05) is 27.5 Å². The molecule has 0 bridgehead atoms. The Balaban J connectivity index is 2.11. The van der Waals surface area contributed by atoms with E-state index in [1.165, 1.54) is 7.11 Å². The molecule has 0 aliphatic carbocycles. The first-order valence-electron chi connectivity index (χ1n) is 7.02. The van der Waals surface area contributed by atoms with E-state index in [0.29, 0.717) is 17.9 Å². The topological polar surface area (TPSA) is 84.5 Å². The summed E-state index contributed by atoms with van der Waals surface area (Å²) in [7, 11) is 1.26. The predicted molar refractivity (Wildman–Crippen MR) is 88.0 cm³/mol. The number of benzene rings is 1. The van der Waals surface area contributed by atoms with Gasteiger partial charge in [-0.15, -0.1) is 0 Å². The van der Waals surface area contributed by atoms with Crippen LogP contribution in [-0.4, -0.2) is 37.0 Å². The summed E-state index contributed by atoms with van der Waals surface area (Å²) in [5.74, 6) is -1.13. The van der Waals surface area contributed by atoms with Gasteiger partial charge in [0, 0.05) is 22.3 Å². The third kappa shape index (κ3) is 4.68. The number of hydrogen-bond donors (Lipinski definition) is 2. The molecule has 0 unspecified atom stereocenters. The predicted octanol–water partition coefficient (Wildman–Crippen LogP) is 1.58. The highest BCUT2D eigenvalue weighted by atomic mass is 79.9. The van der Waals surface area contributed by atoms with Crippen molar-refractivity contribution >= 4 is 45.3 Å². The van der Waals surface area contributed by atoms with Crippen LogP contribution in [0.5, 0.6) is 0 Å². The monoisotopic (exact) mass is 402 g/mol. The summed E-state index contributed by atoms with van der Waals surface area (Å²) < 4.78 is 5.53. The van der Waals surface area contributed by atoms with Crippen molar-refractivity contribution in [1.29, 1.82) is 0 Å². The maximum atomic E-state index is 12.2. The van der Waals surface area contributed by atoms with E-state index in [4.69, 9.17) is 16.3 Å². The fourth-order valence-corrected chi connectivity index (χ4v) is 2.94. The number of ether oxygens (including phenoxy) is 1. The number of amides is 2. The molecule has 1 aromatic rings. The first-order chi connectivity index (χ1) is 10.9. The van der Waals surface area contributed by atoms with Crippen molar-refractivity contribution in [2.24, 2.45) is 0 Å². The van der Waals surface area contributed by atoms with Crippen LogP contribution in [0.15, 0.2) is 22.7 Å². The summed E-state index contributed by atoms with van der Waals surface area (Å²) in [4.78, 5) is 35.4. The lowest BCUT2D eigenvalue weighted by Crippen LogP contribution is -2.50. The highest BCUT2D eigenvalue weighted by molar-refractivity contribution is 9.10. The van der Waals surface area contributed by atoms with Crippen LogP contribution >= 0.6 is 27.5 Å². The molecule has 1 aromatic carbocycles. The minimum Gasteiger partial charge on any atom is -0.467 e. The van der Waals surface area contributed by atoms with Crippen molar-refractivity contribution in [2.75, 3.05) is 7.11 Å². The standard InChI is InChI=1S/C15H16BrClN2O4/c1-23-15(22)12(7-8-6-9(17)2-3-10(8)16)19-14(21)11-4-5-13(20)18-11/h2-3,6,11-12H,4-5,7H2,1H3,(H,18,20)(H,19,21)/t11-,12+/m1/s1. The number of methoxy groups -OCH3 is 1. The van der Waals surface area contributed by atoms with Crippen LogP contribution in [0.1, 0.15) is 18.4 Å². The Morgan fingerprint density at radius 2 is 2.26 bits per heavy atom. The number of esters is 1. The lowest BCUT2D eigenvalue weighted by atomic mass is 10.1. The summed E-state index contributed by atoms with van der Waals surface area (Å²) in [6, 6.07) is 3.72. The summed E-state index contributed by atoms with van der Waals surface area (Å²) in [6.07, 6.45) is 0.945. The molecule has 2 N–H and O–H groups in total. The van der Waals surface area contributed by atoms with E-state index in [9.17, 15) is 14.4 Å². The molecule has 2 rings (SSSR count). The molecule has 1 aliphatic rings. The number of rotatable bonds is 5. The van der Waals surface area contributed by atoms with Crippen LogP contribution in [0.4, 0.5) is 0 Å². The Hall–Kier alpha value is -1.60. The van der Waals surface area contributed by atoms with Gasteiger partial charge in [0.15, 0.2) is 0 Å². The largest absolute Gasteiger partial charge is 0.467 e. The van der Waals surface area contributed by atoms with Crippen molar-refractivity contribution in [3.05, 3.63) is 33.3 Å². The second-order valence-electron chi connectivity index (χ2n) is 5.18. The molecule has 0 aromatic heterocycles. The number of carbonyl (C=O) groups excluding carboxylic acids is 3. The molecule has 8 heteroatoms. The first kappa shape index (κ1) is 17.7. The Kier molecular flexibility index (Phi) is 6.01. The second-order valence-corrected chi connectivity index (χ2v) is 6.47. The highest BCUT2D eigenvalue weighted by Gasteiger charge is 2.31. The zero-order valence-corrected chi connectivity index (χ0v) is 14.7. The zero-order chi connectivity index (χ0) is 17.0. The average Bonchev–Trinajstić information content (AvgIpc) is 2.96. The average molecular weight is 404 g/mol. The summed E-state index contributed by atoms with van der Waals surface area (Å²) in [6.45, 7) is 0. The van der Waals surface area contributed by atoms with Crippen LogP contribution in [0.3, 0.4) is 0 Å². The quantitative estimate of drug-likeness (QED) is 0.731. The Bertz CT molecular complexity index is 638. The van der Waals surface area contributed by atoms with Crippen LogP contribution < -0.4 is 10.6 Å². The number of hydrogen-bond acceptors (Lipinski definition) is 4. The van der Waals surface area contributed by atoms with Gasteiger partial charge in [-0.05, 0) is 30.2 Å². The molecule has 0 spiro atoms. The fraction of sp³-hybridized carbons (Fsp3) is 0.400. The molecule has 23 heavy (non-hydrogen) atoms. The van der Waals surface area contributed by atoms with Gasteiger partial charge in [0.05, 0.1) is 7.11 Å². The lowest BCUT2D eigenvalue weighted by Gasteiger charge is -2.19. The fourth-order valence-electron chi connectivity index (χ4n) is 2.34. The Labute approximate surface area is 147 Å². The van der Waals surface area contributed by atoms with Gasteiger partial charge in [-0.25, -0.2) is 4.79 Å². The minimum absolute atomic E-state index is 0.169. The molecule has 124 valence electrons. The SMILES string of the molecule is COC(=O)[C@H](Cc1cc(Cl)ccc1Br)NC(=O)[C@H]1CCC(=O)N1. The van der Waals surface area contributed by atoms with E-state index in [1.807, 2.05) is 0 Å². The van der Waals surface area contributed by atoms with E-state index < -0.39 is 24.0 Å². The Morgan fingerprint density at radius 1 is 1.52 bits per heavy atom. The van der Waals surface area contributed by atoms with Gasteiger partial charge in [-0.2, -0.15) is 0 Å². The molecule has 1 heterocycles. The van der Waals surface area contributed by atoms with E-state index in [2.05, 4.69) is 26.6 Å². The summed E-state index contributed by atoms with van der Waals surface area (Å²) >= 11 is 9.36. The van der Waals surface area contributed by atoms with Gasteiger partial charge in [-0.3, -0.25) is 9.59 Å². The van der Waals surface area contributed by atoms with Crippen molar-refractivity contribution in [1.82, 2.24) is 10.6 Å².